The lowest BCUT2D eigenvalue weighted by atomic mass is 10.4. The number of nitrogens with one attached hydrogen (secondary N) is 1. The zero-order chi connectivity index (χ0) is 9.10. The smallest absolute Gasteiger partial charge is 0.250 e. The Morgan fingerprint density at radius 1 is 1.46 bits per heavy atom. The monoisotopic (exact) mass is 178 g/mol. The molecule has 1 N–H and O–H groups in total. The Hall–Kier alpha value is -1.09. The fourth-order valence-electron chi connectivity index (χ4n) is 1.32. The second-order valence-corrected chi connectivity index (χ2v) is 3.46. The van der Waals surface area contributed by atoms with E-state index in [4.69, 9.17) is 0 Å². The molecule has 13 heavy (non-hydrogen) atoms. The van der Waals surface area contributed by atoms with Crippen molar-refractivity contribution in [2.45, 2.75) is 25.4 Å². The summed E-state index contributed by atoms with van der Waals surface area (Å²) in [6.07, 6.45) is 4.42. The van der Waals surface area contributed by atoms with Gasteiger partial charge in [-0.2, -0.15) is 0 Å². The summed E-state index contributed by atoms with van der Waals surface area (Å²) in [7, 11) is 0. The third-order valence-electron chi connectivity index (χ3n) is 2.26. The SMILES string of the molecule is O=c1ccccn1CCNC1CC1. The molecular weight excluding hydrogens is 164 g/mol. The number of nitrogens with zero attached hydrogens (tertiary/aromatic N) is 1. The average molecular weight is 178 g/mol. The highest BCUT2D eigenvalue weighted by atomic mass is 16.1. The molecule has 0 unspecified atom stereocenters. The first kappa shape index (κ1) is 8.51. The van der Waals surface area contributed by atoms with E-state index in [9.17, 15) is 4.79 Å². The summed E-state index contributed by atoms with van der Waals surface area (Å²) in [4.78, 5) is 11.2. The number of aromatic nitrogens is 1. The van der Waals surface area contributed by atoms with E-state index < -0.39 is 0 Å². The van der Waals surface area contributed by atoms with Gasteiger partial charge < -0.3 is 9.88 Å². The van der Waals surface area contributed by atoms with Crippen molar-refractivity contribution in [3.63, 3.8) is 0 Å². The van der Waals surface area contributed by atoms with Gasteiger partial charge in [0.1, 0.15) is 0 Å². The van der Waals surface area contributed by atoms with Gasteiger partial charge in [0, 0.05) is 31.4 Å². The predicted octanol–water partition coefficient (Wildman–Crippen LogP) is 0.600. The second-order valence-electron chi connectivity index (χ2n) is 3.46. The molecule has 0 radical (unpaired) electrons. The minimum atomic E-state index is 0.0834. The molecule has 2 rings (SSSR count). The van der Waals surface area contributed by atoms with Crippen LogP contribution in [0, 0.1) is 0 Å². The van der Waals surface area contributed by atoms with Crippen LogP contribution in [0.3, 0.4) is 0 Å². The summed E-state index contributed by atoms with van der Waals surface area (Å²) >= 11 is 0. The quantitative estimate of drug-likeness (QED) is 0.732. The van der Waals surface area contributed by atoms with Gasteiger partial charge in [0.2, 0.25) is 0 Å². The van der Waals surface area contributed by atoms with Crippen LogP contribution in [0.25, 0.3) is 0 Å². The van der Waals surface area contributed by atoms with E-state index in [1.807, 2.05) is 12.3 Å². The molecule has 0 spiro atoms. The Balaban J connectivity index is 1.85. The van der Waals surface area contributed by atoms with E-state index in [0.29, 0.717) is 0 Å². The van der Waals surface area contributed by atoms with Crippen LogP contribution in [-0.2, 0) is 6.54 Å². The lowest BCUT2D eigenvalue weighted by molar-refractivity contribution is 0.583. The van der Waals surface area contributed by atoms with Gasteiger partial charge in [-0.25, -0.2) is 0 Å². The molecule has 1 fully saturated rings. The molecule has 0 bridgehead atoms. The molecule has 1 aromatic rings. The van der Waals surface area contributed by atoms with Crippen molar-refractivity contribution < 1.29 is 0 Å². The Morgan fingerprint density at radius 3 is 3.00 bits per heavy atom. The molecule has 3 nitrogen and oxygen atoms in total. The lowest BCUT2D eigenvalue weighted by Crippen LogP contribution is -2.27. The average Bonchev–Trinajstić information content (AvgIpc) is 2.92. The largest absolute Gasteiger partial charge is 0.314 e. The van der Waals surface area contributed by atoms with Gasteiger partial charge in [-0.05, 0) is 18.9 Å². The number of hydrogen-bond acceptors (Lipinski definition) is 2. The van der Waals surface area contributed by atoms with Crippen molar-refractivity contribution >= 4 is 0 Å². The van der Waals surface area contributed by atoms with Crippen LogP contribution in [0.1, 0.15) is 12.8 Å². The third kappa shape index (κ3) is 2.42. The standard InChI is InChI=1S/C10H14N2O/c13-10-3-1-2-7-12(10)8-6-11-9-4-5-9/h1-3,7,9,11H,4-6,8H2. The van der Waals surface area contributed by atoms with Crippen LogP contribution in [-0.4, -0.2) is 17.2 Å². The van der Waals surface area contributed by atoms with E-state index in [1.165, 1.54) is 12.8 Å². The first-order valence-corrected chi connectivity index (χ1v) is 4.75. The predicted molar refractivity (Wildman–Crippen MR) is 51.7 cm³/mol. The van der Waals surface area contributed by atoms with E-state index in [0.717, 1.165) is 19.1 Å². The molecule has 0 aromatic carbocycles. The second kappa shape index (κ2) is 3.75. The van der Waals surface area contributed by atoms with Gasteiger partial charge >= 0.3 is 0 Å². The van der Waals surface area contributed by atoms with Crippen molar-refractivity contribution in [2.24, 2.45) is 0 Å². The molecular formula is C10H14N2O. The minimum absolute atomic E-state index is 0.0834. The first-order chi connectivity index (χ1) is 6.36. The van der Waals surface area contributed by atoms with Crippen LogP contribution in [0.2, 0.25) is 0 Å². The Labute approximate surface area is 77.4 Å². The zero-order valence-electron chi connectivity index (χ0n) is 7.57. The molecule has 0 aliphatic heterocycles. The maximum Gasteiger partial charge on any atom is 0.250 e. The third-order valence-corrected chi connectivity index (χ3v) is 2.26. The maximum absolute atomic E-state index is 11.2. The molecule has 70 valence electrons. The summed E-state index contributed by atoms with van der Waals surface area (Å²) in [5, 5.41) is 3.37. The van der Waals surface area contributed by atoms with E-state index in [1.54, 1.807) is 16.7 Å². The maximum atomic E-state index is 11.2. The van der Waals surface area contributed by atoms with Crippen molar-refractivity contribution in [1.29, 1.82) is 0 Å². The summed E-state index contributed by atoms with van der Waals surface area (Å²) < 4.78 is 1.73. The summed E-state index contributed by atoms with van der Waals surface area (Å²) in [6, 6.07) is 5.97. The van der Waals surface area contributed by atoms with E-state index >= 15 is 0 Å². The van der Waals surface area contributed by atoms with Gasteiger partial charge in [0.05, 0.1) is 0 Å². The Kier molecular flexibility index (Phi) is 2.45. The van der Waals surface area contributed by atoms with Crippen LogP contribution in [0.4, 0.5) is 0 Å². The van der Waals surface area contributed by atoms with Crippen LogP contribution in [0.15, 0.2) is 29.2 Å². The van der Waals surface area contributed by atoms with E-state index in [2.05, 4.69) is 5.32 Å². The topological polar surface area (TPSA) is 34.0 Å². The minimum Gasteiger partial charge on any atom is -0.314 e. The lowest BCUT2D eigenvalue weighted by Gasteiger charge is -2.05. The fourth-order valence-corrected chi connectivity index (χ4v) is 1.32. The highest BCUT2D eigenvalue weighted by Crippen LogP contribution is 2.17. The highest BCUT2D eigenvalue weighted by molar-refractivity contribution is 4.93. The van der Waals surface area contributed by atoms with Crippen molar-refractivity contribution in [1.82, 2.24) is 9.88 Å². The Morgan fingerprint density at radius 2 is 2.31 bits per heavy atom. The first-order valence-electron chi connectivity index (χ1n) is 4.75. The molecule has 1 heterocycles. The van der Waals surface area contributed by atoms with Gasteiger partial charge in [0.25, 0.3) is 5.56 Å². The molecule has 1 aromatic heterocycles. The van der Waals surface area contributed by atoms with E-state index in [-0.39, 0.29) is 5.56 Å². The number of rotatable bonds is 4. The summed E-state index contributed by atoms with van der Waals surface area (Å²) in [5.41, 5.74) is 0.0834. The molecule has 0 amide bonds. The number of pyridine rings is 1. The molecule has 1 aliphatic carbocycles. The van der Waals surface area contributed by atoms with Crippen LogP contribution < -0.4 is 10.9 Å². The Bertz CT molecular complexity index is 328. The van der Waals surface area contributed by atoms with Crippen molar-refractivity contribution in [2.75, 3.05) is 6.54 Å². The molecule has 0 saturated heterocycles. The molecule has 0 atom stereocenters. The fraction of sp³-hybridized carbons (Fsp3) is 0.500. The van der Waals surface area contributed by atoms with Gasteiger partial charge in [-0.1, -0.05) is 6.07 Å². The summed E-state index contributed by atoms with van der Waals surface area (Å²) in [5.74, 6) is 0. The molecule has 1 saturated carbocycles. The molecule has 3 heteroatoms. The van der Waals surface area contributed by atoms with Crippen molar-refractivity contribution in [3.05, 3.63) is 34.7 Å². The van der Waals surface area contributed by atoms with Crippen LogP contribution in [0.5, 0.6) is 0 Å². The zero-order valence-corrected chi connectivity index (χ0v) is 7.57. The van der Waals surface area contributed by atoms with Gasteiger partial charge in [0.15, 0.2) is 0 Å². The van der Waals surface area contributed by atoms with Gasteiger partial charge in [-0.3, -0.25) is 4.79 Å². The van der Waals surface area contributed by atoms with Crippen LogP contribution >= 0.6 is 0 Å². The highest BCUT2D eigenvalue weighted by Gasteiger charge is 2.19. The van der Waals surface area contributed by atoms with Crippen molar-refractivity contribution in [3.8, 4) is 0 Å². The summed E-state index contributed by atoms with van der Waals surface area (Å²) in [6.45, 7) is 1.67. The normalized spacial score (nSPS) is 16.0. The van der Waals surface area contributed by atoms with Gasteiger partial charge in [-0.15, -0.1) is 0 Å². The number of hydrogen-bond donors (Lipinski definition) is 1. The molecule has 1 aliphatic rings.